The van der Waals surface area contributed by atoms with Gasteiger partial charge in [-0.25, -0.2) is 4.79 Å². The van der Waals surface area contributed by atoms with Gasteiger partial charge in [0, 0.05) is 16.5 Å². The van der Waals surface area contributed by atoms with Gasteiger partial charge in [-0.1, -0.05) is 30.3 Å². The fraction of sp³-hybridized carbons (Fsp3) is 0.304. The Morgan fingerprint density at radius 2 is 1.86 bits per heavy atom. The van der Waals surface area contributed by atoms with Crippen molar-refractivity contribution in [3.8, 4) is 5.88 Å². The van der Waals surface area contributed by atoms with Crippen molar-refractivity contribution in [3.63, 3.8) is 0 Å². The maximum atomic E-state index is 12.0. The van der Waals surface area contributed by atoms with Gasteiger partial charge in [0.25, 0.3) is 0 Å². The van der Waals surface area contributed by atoms with Gasteiger partial charge in [-0.2, -0.15) is 0 Å². The monoisotopic (exact) mass is 391 g/mol. The molecule has 4 rings (SSSR count). The molecule has 0 spiro atoms. The molecule has 1 fully saturated rings. The van der Waals surface area contributed by atoms with Crippen LogP contribution in [-0.4, -0.2) is 60.0 Å². The highest BCUT2D eigenvalue weighted by atomic mass is 16.5. The van der Waals surface area contributed by atoms with Gasteiger partial charge < -0.3 is 19.7 Å². The van der Waals surface area contributed by atoms with Crippen LogP contribution >= 0.6 is 0 Å². The number of hydrogen-bond acceptors (Lipinski definition) is 5. The number of aromatic nitrogens is 1. The fourth-order valence-electron chi connectivity index (χ4n) is 3.85. The molecule has 0 saturated carbocycles. The predicted octanol–water partition coefficient (Wildman–Crippen LogP) is 3.59. The number of likely N-dealkylation sites (tertiary alicyclic amines) is 1. The van der Waals surface area contributed by atoms with Gasteiger partial charge in [-0.3, -0.25) is 4.99 Å². The molecular formula is C23H25N3O3. The Balaban J connectivity index is 1.87. The zero-order chi connectivity index (χ0) is 20.4. The number of fused-ring (bicyclic) bond motifs is 1. The van der Waals surface area contributed by atoms with Gasteiger partial charge in [0.05, 0.1) is 30.0 Å². The predicted molar refractivity (Wildman–Crippen MR) is 114 cm³/mol. The molecule has 2 aromatic carbocycles. The van der Waals surface area contributed by atoms with Crippen LogP contribution in [0.3, 0.4) is 0 Å². The summed E-state index contributed by atoms with van der Waals surface area (Å²) < 4.78 is 4.86. The summed E-state index contributed by atoms with van der Waals surface area (Å²) in [6.45, 7) is 2.01. The van der Waals surface area contributed by atoms with Gasteiger partial charge >= 0.3 is 5.97 Å². The summed E-state index contributed by atoms with van der Waals surface area (Å²) in [4.78, 5) is 22.4. The second-order valence-corrected chi connectivity index (χ2v) is 7.48. The van der Waals surface area contributed by atoms with E-state index in [0.29, 0.717) is 11.1 Å². The van der Waals surface area contributed by atoms with Crippen molar-refractivity contribution in [2.24, 2.45) is 4.99 Å². The number of methoxy groups -OCH3 is 1. The van der Waals surface area contributed by atoms with E-state index in [1.54, 1.807) is 18.2 Å². The summed E-state index contributed by atoms with van der Waals surface area (Å²) in [5.74, 6) is -0.357. The first-order valence-corrected chi connectivity index (χ1v) is 9.82. The standard InChI is InChI=1S/C23H25N3O3/c1-26-12-10-17(11-13-26)24-21(15-6-4-3-5-7-15)20-18-14-16(23(28)29-2)8-9-19(18)25-22(20)27/h3-9,14,17,25,27H,10-13H2,1-2H3. The Morgan fingerprint density at radius 1 is 1.14 bits per heavy atom. The van der Waals surface area contributed by atoms with Gasteiger partial charge in [0.2, 0.25) is 0 Å². The van der Waals surface area contributed by atoms with Crippen LogP contribution in [-0.2, 0) is 4.74 Å². The van der Waals surface area contributed by atoms with E-state index in [2.05, 4.69) is 16.9 Å². The number of carbonyl (C=O) groups is 1. The number of nitrogens with zero attached hydrogens (tertiary/aromatic N) is 2. The van der Waals surface area contributed by atoms with Crippen molar-refractivity contribution in [3.05, 3.63) is 65.2 Å². The number of ether oxygens (including phenoxy) is 1. The molecule has 0 atom stereocenters. The molecule has 0 aliphatic carbocycles. The third-order valence-corrected chi connectivity index (χ3v) is 5.48. The SMILES string of the molecule is COC(=O)c1ccc2[nH]c(O)c(C(=NC3CCN(C)CC3)c3ccccc3)c2c1. The molecule has 3 aromatic rings. The molecule has 0 unspecified atom stereocenters. The number of aliphatic imine (C=N–C) groups is 1. The van der Waals surface area contributed by atoms with E-state index in [-0.39, 0.29) is 11.9 Å². The van der Waals surface area contributed by atoms with Crippen LogP contribution in [0.2, 0.25) is 0 Å². The van der Waals surface area contributed by atoms with Crippen LogP contribution in [0.4, 0.5) is 0 Å². The molecule has 0 amide bonds. The highest BCUT2D eigenvalue weighted by Gasteiger charge is 2.23. The van der Waals surface area contributed by atoms with Gasteiger partial charge in [-0.05, 0) is 51.2 Å². The average molecular weight is 391 g/mol. The molecule has 150 valence electrons. The zero-order valence-corrected chi connectivity index (χ0v) is 16.7. The van der Waals surface area contributed by atoms with E-state index in [1.165, 1.54) is 7.11 Å². The quantitative estimate of drug-likeness (QED) is 0.526. The molecule has 6 nitrogen and oxygen atoms in total. The van der Waals surface area contributed by atoms with E-state index in [4.69, 9.17) is 9.73 Å². The molecule has 2 N–H and O–H groups in total. The normalized spacial score (nSPS) is 16.3. The maximum absolute atomic E-state index is 12.0. The number of rotatable bonds is 4. The number of esters is 1. The second-order valence-electron chi connectivity index (χ2n) is 7.48. The highest BCUT2D eigenvalue weighted by Crippen LogP contribution is 2.32. The first-order valence-electron chi connectivity index (χ1n) is 9.82. The number of H-pyrrole nitrogens is 1. The van der Waals surface area contributed by atoms with Crippen molar-refractivity contribution >= 4 is 22.6 Å². The Labute approximate surface area is 169 Å². The van der Waals surface area contributed by atoms with E-state index in [9.17, 15) is 9.90 Å². The second kappa shape index (κ2) is 8.09. The van der Waals surface area contributed by atoms with Crippen LogP contribution in [0.1, 0.15) is 34.3 Å². The zero-order valence-electron chi connectivity index (χ0n) is 16.7. The Kier molecular flexibility index (Phi) is 5.36. The van der Waals surface area contributed by atoms with E-state index in [1.807, 2.05) is 30.3 Å². The first-order chi connectivity index (χ1) is 14.1. The van der Waals surface area contributed by atoms with E-state index >= 15 is 0 Å². The summed E-state index contributed by atoms with van der Waals surface area (Å²) in [6.07, 6.45) is 1.95. The number of hydrogen-bond donors (Lipinski definition) is 2. The largest absolute Gasteiger partial charge is 0.494 e. The summed E-state index contributed by atoms with van der Waals surface area (Å²) in [6, 6.07) is 15.3. The minimum Gasteiger partial charge on any atom is -0.494 e. The molecule has 29 heavy (non-hydrogen) atoms. The van der Waals surface area contributed by atoms with Gasteiger partial charge in [0.1, 0.15) is 0 Å². The summed E-state index contributed by atoms with van der Waals surface area (Å²) in [5, 5.41) is 11.5. The minimum absolute atomic E-state index is 0.0533. The highest BCUT2D eigenvalue weighted by molar-refractivity contribution is 6.21. The maximum Gasteiger partial charge on any atom is 0.337 e. The molecule has 2 heterocycles. The Morgan fingerprint density at radius 3 is 2.55 bits per heavy atom. The minimum atomic E-state index is -0.410. The number of benzene rings is 2. The lowest BCUT2D eigenvalue weighted by molar-refractivity contribution is 0.0601. The average Bonchev–Trinajstić information content (AvgIpc) is 3.08. The number of nitrogens with one attached hydrogen (secondary N) is 1. The number of piperidine rings is 1. The lowest BCUT2D eigenvalue weighted by Gasteiger charge is -2.27. The summed E-state index contributed by atoms with van der Waals surface area (Å²) in [7, 11) is 3.48. The molecule has 1 aromatic heterocycles. The number of carbonyl (C=O) groups excluding carboxylic acids is 1. The van der Waals surface area contributed by atoms with Crippen molar-refractivity contribution in [1.82, 2.24) is 9.88 Å². The van der Waals surface area contributed by atoms with Crippen molar-refractivity contribution < 1.29 is 14.6 Å². The van der Waals surface area contributed by atoms with Crippen molar-refractivity contribution in [1.29, 1.82) is 0 Å². The molecule has 1 saturated heterocycles. The van der Waals surface area contributed by atoms with E-state index < -0.39 is 5.97 Å². The van der Waals surface area contributed by atoms with Crippen LogP contribution in [0.15, 0.2) is 53.5 Å². The van der Waals surface area contributed by atoms with Gasteiger partial charge in [0.15, 0.2) is 5.88 Å². The van der Waals surface area contributed by atoms with Crippen LogP contribution in [0.5, 0.6) is 5.88 Å². The number of aromatic hydroxyl groups is 1. The van der Waals surface area contributed by atoms with Crippen LogP contribution in [0, 0.1) is 0 Å². The molecule has 6 heteroatoms. The smallest absolute Gasteiger partial charge is 0.337 e. The Bertz CT molecular complexity index is 1050. The molecular weight excluding hydrogens is 366 g/mol. The molecule has 1 aliphatic rings. The van der Waals surface area contributed by atoms with Crippen LogP contribution in [0.25, 0.3) is 10.9 Å². The molecule has 1 aliphatic heterocycles. The fourth-order valence-corrected chi connectivity index (χ4v) is 3.85. The number of aromatic amines is 1. The Hall–Kier alpha value is -3.12. The third-order valence-electron chi connectivity index (χ3n) is 5.48. The van der Waals surface area contributed by atoms with Gasteiger partial charge in [-0.15, -0.1) is 0 Å². The van der Waals surface area contributed by atoms with E-state index in [0.717, 1.165) is 48.1 Å². The van der Waals surface area contributed by atoms with Crippen molar-refractivity contribution in [2.45, 2.75) is 18.9 Å². The lowest BCUT2D eigenvalue weighted by atomic mass is 9.98. The molecule has 0 radical (unpaired) electrons. The summed E-state index contributed by atoms with van der Waals surface area (Å²) >= 11 is 0. The lowest BCUT2D eigenvalue weighted by Crippen LogP contribution is -2.32. The third kappa shape index (κ3) is 3.89. The topological polar surface area (TPSA) is 77.9 Å². The first kappa shape index (κ1) is 19.2. The van der Waals surface area contributed by atoms with Crippen molar-refractivity contribution in [2.75, 3.05) is 27.2 Å². The van der Waals surface area contributed by atoms with Crippen LogP contribution < -0.4 is 0 Å². The molecule has 0 bridgehead atoms. The summed E-state index contributed by atoms with van der Waals surface area (Å²) in [5.41, 5.74) is 3.48.